The molecule has 0 aliphatic heterocycles. The molecule has 1 aromatic carbocycles. The second-order valence-corrected chi connectivity index (χ2v) is 4.09. The van der Waals surface area contributed by atoms with Crippen LogP contribution in [-0.2, 0) is 0 Å². The first-order valence-corrected chi connectivity index (χ1v) is 6.27. The number of benzene rings is 1. The van der Waals surface area contributed by atoms with Crippen molar-refractivity contribution in [3.63, 3.8) is 0 Å². The molecular weight excluding hydrogens is 258 g/mol. The van der Waals surface area contributed by atoms with E-state index in [4.69, 9.17) is 4.74 Å². The first-order chi connectivity index (χ1) is 9.77. The molecule has 1 heterocycles. The van der Waals surface area contributed by atoms with Gasteiger partial charge in [0.05, 0.1) is 11.5 Å². The monoisotopic (exact) mass is 273 g/mol. The van der Waals surface area contributed by atoms with Crippen molar-refractivity contribution in [3.05, 3.63) is 58.9 Å². The largest absolute Gasteiger partial charge is 0.494 e. The Hall–Kier alpha value is -2.63. The van der Waals surface area contributed by atoms with Crippen LogP contribution in [0.3, 0.4) is 0 Å². The molecule has 1 aromatic heterocycles. The van der Waals surface area contributed by atoms with Crippen LogP contribution in [0.25, 0.3) is 0 Å². The van der Waals surface area contributed by atoms with Crippen LogP contribution in [0.1, 0.15) is 6.42 Å². The quantitative estimate of drug-likeness (QED) is 0.477. The Balaban J connectivity index is 1.75. The lowest BCUT2D eigenvalue weighted by Crippen LogP contribution is -2.08. The molecule has 6 nitrogen and oxygen atoms in total. The fraction of sp³-hybridized carbons (Fsp3) is 0.214. The van der Waals surface area contributed by atoms with Gasteiger partial charge in [-0.2, -0.15) is 0 Å². The van der Waals surface area contributed by atoms with Gasteiger partial charge in [0.15, 0.2) is 0 Å². The van der Waals surface area contributed by atoms with E-state index in [-0.39, 0.29) is 5.69 Å². The molecule has 0 saturated heterocycles. The van der Waals surface area contributed by atoms with Crippen LogP contribution in [-0.4, -0.2) is 23.1 Å². The number of rotatable bonds is 7. The number of aromatic nitrogens is 1. The van der Waals surface area contributed by atoms with E-state index in [0.717, 1.165) is 12.2 Å². The summed E-state index contributed by atoms with van der Waals surface area (Å²) in [6, 6.07) is 11.1. The Morgan fingerprint density at radius 3 is 2.80 bits per heavy atom. The van der Waals surface area contributed by atoms with E-state index in [9.17, 15) is 10.1 Å². The molecule has 0 aliphatic rings. The zero-order chi connectivity index (χ0) is 14.2. The van der Waals surface area contributed by atoms with E-state index in [1.54, 1.807) is 6.07 Å². The predicted octanol–water partition coefficient (Wildman–Crippen LogP) is 2.87. The van der Waals surface area contributed by atoms with Crippen LogP contribution in [0.4, 0.5) is 11.4 Å². The average molecular weight is 273 g/mol. The number of anilines is 1. The summed E-state index contributed by atoms with van der Waals surface area (Å²) in [4.78, 5) is 14.1. The molecule has 0 bridgehead atoms. The summed E-state index contributed by atoms with van der Waals surface area (Å²) in [5, 5.41) is 13.8. The van der Waals surface area contributed by atoms with Crippen molar-refractivity contribution < 1.29 is 9.66 Å². The minimum Gasteiger partial charge on any atom is -0.494 e. The predicted molar refractivity (Wildman–Crippen MR) is 75.9 cm³/mol. The van der Waals surface area contributed by atoms with E-state index >= 15 is 0 Å². The minimum absolute atomic E-state index is 0.0172. The minimum atomic E-state index is -0.449. The Morgan fingerprint density at radius 2 is 2.05 bits per heavy atom. The number of hydrogen-bond acceptors (Lipinski definition) is 5. The van der Waals surface area contributed by atoms with Crippen molar-refractivity contribution in [2.24, 2.45) is 0 Å². The molecule has 0 fully saturated rings. The lowest BCUT2D eigenvalue weighted by atomic mass is 10.3. The van der Waals surface area contributed by atoms with Gasteiger partial charge in [-0.05, 0) is 24.6 Å². The first-order valence-electron chi connectivity index (χ1n) is 6.27. The third kappa shape index (κ3) is 3.94. The summed E-state index contributed by atoms with van der Waals surface area (Å²) >= 11 is 0. The van der Waals surface area contributed by atoms with Crippen LogP contribution in [0, 0.1) is 10.1 Å². The lowest BCUT2D eigenvalue weighted by molar-refractivity contribution is -0.384. The van der Waals surface area contributed by atoms with E-state index in [0.29, 0.717) is 18.8 Å². The number of para-hydroxylation sites is 1. The smallest absolute Gasteiger partial charge is 0.310 e. The van der Waals surface area contributed by atoms with Gasteiger partial charge in [-0.3, -0.25) is 15.1 Å². The fourth-order valence-corrected chi connectivity index (χ4v) is 1.68. The summed E-state index contributed by atoms with van der Waals surface area (Å²) in [6.07, 6.45) is 3.51. The molecule has 2 aromatic rings. The Labute approximate surface area is 116 Å². The number of ether oxygens (including phenoxy) is 1. The van der Waals surface area contributed by atoms with Crippen molar-refractivity contribution >= 4 is 11.4 Å². The molecule has 104 valence electrons. The van der Waals surface area contributed by atoms with Crippen LogP contribution in [0.5, 0.6) is 5.75 Å². The zero-order valence-corrected chi connectivity index (χ0v) is 10.9. The van der Waals surface area contributed by atoms with Crippen LogP contribution in [0.15, 0.2) is 48.8 Å². The van der Waals surface area contributed by atoms with Crippen molar-refractivity contribution in [1.82, 2.24) is 4.98 Å². The number of nitrogens with zero attached hydrogens (tertiary/aromatic N) is 2. The number of nitrogens with one attached hydrogen (secondary N) is 1. The van der Waals surface area contributed by atoms with Gasteiger partial charge in [0.25, 0.3) is 0 Å². The maximum atomic E-state index is 10.8. The molecule has 0 amide bonds. The Morgan fingerprint density at radius 1 is 1.25 bits per heavy atom. The van der Waals surface area contributed by atoms with Gasteiger partial charge in [-0.15, -0.1) is 0 Å². The van der Waals surface area contributed by atoms with Crippen molar-refractivity contribution in [2.45, 2.75) is 6.42 Å². The van der Waals surface area contributed by atoms with Crippen molar-refractivity contribution in [2.75, 3.05) is 18.5 Å². The maximum Gasteiger partial charge on any atom is 0.310 e. The number of pyridine rings is 1. The summed E-state index contributed by atoms with van der Waals surface area (Å²) in [5.41, 5.74) is 0.459. The Kier molecular flexibility index (Phi) is 4.88. The third-order valence-corrected chi connectivity index (χ3v) is 2.65. The molecule has 0 unspecified atom stereocenters. The molecule has 6 heteroatoms. The van der Waals surface area contributed by atoms with E-state index in [2.05, 4.69) is 10.3 Å². The zero-order valence-electron chi connectivity index (χ0n) is 10.9. The molecule has 0 atom stereocenters. The fourth-order valence-electron chi connectivity index (χ4n) is 1.68. The van der Waals surface area contributed by atoms with Crippen LogP contribution >= 0.6 is 0 Å². The summed E-state index contributed by atoms with van der Waals surface area (Å²) in [6.45, 7) is 1.15. The normalized spacial score (nSPS) is 10.0. The van der Waals surface area contributed by atoms with Crippen LogP contribution in [0.2, 0.25) is 0 Å². The molecule has 1 N–H and O–H groups in total. The topological polar surface area (TPSA) is 77.3 Å². The van der Waals surface area contributed by atoms with Crippen LogP contribution < -0.4 is 10.1 Å². The lowest BCUT2D eigenvalue weighted by Gasteiger charge is -2.08. The standard InChI is InChI=1S/C14H15N3O3/c18-17(19)14-11-15-9-7-13(14)16-8-4-10-20-12-5-2-1-3-6-12/h1-3,5-7,9,11H,4,8,10H2,(H,15,16). The van der Waals surface area contributed by atoms with Gasteiger partial charge in [0, 0.05) is 12.7 Å². The molecule has 0 radical (unpaired) electrons. The van der Waals surface area contributed by atoms with E-state index in [1.807, 2.05) is 30.3 Å². The third-order valence-electron chi connectivity index (χ3n) is 2.65. The summed E-state index contributed by atoms with van der Waals surface area (Å²) in [5.74, 6) is 0.822. The molecule has 0 saturated carbocycles. The Bertz CT molecular complexity index is 561. The van der Waals surface area contributed by atoms with E-state index < -0.39 is 4.92 Å². The van der Waals surface area contributed by atoms with Gasteiger partial charge in [-0.25, -0.2) is 0 Å². The second-order valence-electron chi connectivity index (χ2n) is 4.09. The molecule has 20 heavy (non-hydrogen) atoms. The highest BCUT2D eigenvalue weighted by Gasteiger charge is 2.12. The van der Waals surface area contributed by atoms with Gasteiger partial charge in [-0.1, -0.05) is 18.2 Å². The average Bonchev–Trinajstić information content (AvgIpc) is 2.48. The highest BCUT2D eigenvalue weighted by atomic mass is 16.6. The molecular formula is C14H15N3O3. The highest BCUT2D eigenvalue weighted by Crippen LogP contribution is 2.21. The number of nitro groups is 1. The second kappa shape index (κ2) is 7.08. The van der Waals surface area contributed by atoms with E-state index in [1.165, 1.54) is 12.4 Å². The van der Waals surface area contributed by atoms with Crippen molar-refractivity contribution in [1.29, 1.82) is 0 Å². The van der Waals surface area contributed by atoms with Gasteiger partial charge >= 0.3 is 5.69 Å². The number of hydrogen-bond donors (Lipinski definition) is 1. The molecule has 0 spiro atoms. The summed E-state index contributed by atoms with van der Waals surface area (Å²) in [7, 11) is 0. The molecule has 0 aliphatic carbocycles. The maximum absolute atomic E-state index is 10.8. The van der Waals surface area contributed by atoms with Gasteiger partial charge in [0.1, 0.15) is 17.6 Å². The highest BCUT2D eigenvalue weighted by molar-refractivity contribution is 5.59. The summed E-state index contributed by atoms with van der Waals surface area (Å²) < 4.78 is 5.54. The molecule has 2 rings (SSSR count). The first kappa shape index (κ1) is 13.8. The van der Waals surface area contributed by atoms with Gasteiger partial charge in [0.2, 0.25) is 0 Å². The van der Waals surface area contributed by atoms with Gasteiger partial charge < -0.3 is 10.1 Å². The van der Waals surface area contributed by atoms with Crippen molar-refractivity contribution in [3.8, 4) is 5.75 Å². The SMILES string of the molecule is O=[N+]([O-])c1cnccc1NCCCOc1ccccc1.